The molecule has 0 aromatic carbocycles. The molecule has 92 valence electrons. The molecule has 1 atom stereocenters. The molecule has 1 unspecified atom stereocenters. The summed E-state index contributed by atoms with van der Waals surface area (Å²) in [5.41, 5.74) is 6.31. The minimum Gasteiger partial charge on any atom is -0.368 e. The van der Waals surface area contributed by atoms with Crippen molar-refractivity contribution in [2.24, 2.45) is 5.92 Å². The Balaban J connectivity index is 2.25. The van der Waals surface area contributed by atoms with Crippen molar-refractivity contribution in [1.29, 1.82) is 0 Å². The quantitative estimate of drug-likeness (QED) is 0.750. The van der Waals surface area contributed by atoms with E-state index in [-0.39, 0.29) is 5.95 Å². The maximum Gasteiger partial charge on any atom is 0.224 e. The van der Waals surface area contributed by atoms with Crippen molar-refractivity contribution >= 4 is 22.8 Å². The van der Waals surface area contributed by atoms with E-state index in [1.807, 2.05) is 0 Å². The Kier molecular flexibility index (Phi) is 3.12. The first-order valence-corrected chi connectivity index (χ1v) is 5.79. The van der Waals surface area contributed by atoms with E-state index in [0.717, 1.165) is 17.6 Å². The maximum absolute atomic E-state index is 5.65. The molecular formula is C11H18N6. The summed E-state index contributed by atoms with van der Waals surface area (Å²) in [5, 5.41) is 11.0. The summed E-state index contributed by atoms with van der Waals surface area (Å²) >= 11 is 0. The van der Waals surface area contributed by atoms with Crippen molar-refractivity contribution in [3.05, 3.63) is 6.20 Å². The predicted octanol–water partition coefficient (Wildman–Crippen LogP) is 1.78. The number of anilines is 2. The zero-order chi connectivity index (χ0) is 12.4. The third kappa shape index (κ3) is 2.64. The highest BCUT2D eigenvalue weighted by atomic mass is 15.2. The van der Waals surface area contributed by atoms with Crippen LogP contribution in [-0.2, 0) is 0 Å². The minimum absolute atomic E-state index is 0.251. The van der Waals surface area contributed by atoms with E-state index in [2.05, 4.69) is 46.3 Å². The zero-order valence-corrected chi connectivity index (χ0v) is 10.4. The number of H-pyrrole nitrogens is 1. The van der Waals surface area contributed by atoms with Crippen molar-refractivity contribution in [1.82, 2.24) is 20.2 Å². The van der Waals surface area contributed by atoms with Gasteiger partial charge in [0, 0.05) is 6.04 Å². The first-order chi connectivity index (χ1) is 8.06. The van der Waals surface area contributed by atoms with Crippen LogP contribution in [0.5, 0.6) is 0 Å². The predicted molar refractivity (Wildman–Crippen MR) is 68.6 cm³/mol. The number of nitrogens with two attached hydrogens (primary N) is 1. The lowest BCUT2D eigenvalue weighted by Crippen LogP contribution is -2.18. The number of nitrogens with zero attached hydrogens (tertiary/aromatic N) is 3. The minimum atomic E-state index is 0.251. The molecule has 6 nitrogen and oxygen atoms in total. The van der Waals surface area contributed by atoms with Crippen LogP contribution in [0.15, 0.2) is 6.20 Å². The lowest BCUT2D eigenvalue weighted by Gasteiger charge is -2.16. The molecule has 0 amide bonds. The van der Waals surface area contributed by atoms with Gasteiger partial charge in [-0.25, -0.2) is 0 Å². The Morgan fingerprint density at radius 2 is 2.12 bits per heavy atom. The molecular weight excluding hydrogens is 216 g/mol. The van der Waals surface area contributed by atoms with Crippen LogP contribution in [0.4, 0.5) is 11.8 Å². The number of hydrogen-bond acceptors (Lipinski definition) is 5. The molecule has 2 heterocycles. The van der Waals surface area contributed by atoms with Crippen molar-refractivity contribution in [3.8, 4) is 0 Å². The molecule has 0 radical (unpaired) electrons. The van der Waals surface area contributed by atoms with E-state index in [4.69, 9.17) is 5.73 Å². The smallest absolute Gasteiger partial charge is 0.224 e. The highest BCUT2D eigenvalue weighted by Gasteiger charge is 2.11. The van der Waals surface area contributed by atoms with Crippen molar-refractivity contribution < 1.29 is 0 Å². The van der Waals surface area contributed by atoms with Crippen molar-refractivity contribution in [3.63, 3.8) is 0 Å². The third-order valence-corrected chi connectivity index (χ3v) is 2.54. The fourth-order valence-electron chi connectivity index (χ4n) is 1.96. The number of aromatic amines is 1. The Morgan fingerprint density at radius 1 is 1.35 bits per heavy atom. The topological polar surface area (TPSA) is 92.5 Å². The summed E-state index contributed by atoms with van der Waals surface area (Å²) in [6.45, 7) is 6.52. The molecule has 6 heteroatoms. The van der Waals surface area contributed by atoms with Gasteiger partial charge in [-0.3, -0.25) is 5.10 Å². The van der Waals surface area contributed by atoms with Gasteiger partial charge in [0.2, 0.25) is 5.95 Å². The van der Waals surface area contributed by atoms with Gasteiger partial charge in [0.1, 0.15) is 5.82 Å². The van der Waals surface area contributed by atoms with Gasteiger partial charge >= 0.3 is 0 Å². The highest BCUT2D eigenvalue weighted by Crippen LogP contribution is 2.20. The first-order valence-electron chi connectivity index (χ1n) is 5.79. The summed E-state index contributed by atoms with van der Waals surface area (Å²) in [6.07, 6.45) is 2.78. The molecule has 0 spiro atoms. The Labute approximate surface area is 100 Å². The zero-order valence-electron chi connectivity index (χ0n) is 10.4. The van der Waals surface area contributed by atoms with Crippen LogP contribution in [-0.4, -0.2) is 26.2 Å². The van der Waals surface area contributed by atoms with Crippen LogP contribution >= 0.6 is 0 Å². The van der Waals surface area contributed by atoms with Gasteiger partial charge in [0.05, 0.1) is 11.6 Å². The largest absolute Gasteiger partial charge is 0.368 e. The molecule has 0 saturated carbocycles. The standard InChI is InChI=1S/C11H18N6/c1-6(2)4-7(3)14-9-8-5-13-17-10(8)16-11(12)15-9/h5-7H,4H2,1-3H3,(H4,12,13,14,15,16,17). The molecule has 0 fully saturated rings. The fourth-order valence-corrected chi connectivity index (χ4v) is 1.96. The molecule has 0 aliphatic rings. The Bertz CT molecular complexity index is 504. The molecule has 17 heavy (non-hydrogen) atoms. The summed E-state index contributed by atoms with van der Waals surface area (Å²) in [5.74, 6) is 1.63. The second-order valence-corrected chi connectivity index (χ2v) is 4.74. The number of rotatable bonds is 4. The monoisotopic (exact) mass is 234 g/mol. The van der Waals surface area contributed by atoms with Gasteiger partial charge in [-0.05, 0) is 19.3 Å². The molecule has 0 aliphatic carbocycles. The van der Waals surface area contributed by atoms with Crippen molar-refractivity contribution in [2.75, 3.05) is 11.1 Å². The SMILES string of the molecule is CC(C)CC(C)Nc1nc(N)nc2[nH]ncc12. The highest BCUT2D eigenvalue weighted by molar-refractivity contribution is 5.86. The maximum atomic E-state index is 5.65. The molecule has 4 N–H and O–H groups in total. The normalized spacial score (nSPS) is 13.2. The number of nitrogen functional groups attached to an aromatic ring is 1. The van der Waals surface area contributed by atoms with E-state index < -0.39 is 0 Å². The van der Waals surface area contributed by atoms with E-state index >= 15 is 0 Å². The Morgan fingerprint density at radius 3 is 2.82 bits per heavy atom. The average Bonchev–Trinajstić information content (AvgIpc) is 2.63. The second kappa shape index (κ2) is 4.57. The lowest BCUT2D eigenvalue weighted by atomic mass is 10.1. The van der Waals surface area contributed by atoms with Gasteiger partial charge < -0.3 is 11.1 Å². The van der Waals surface area contributed by atoms with E-state index in [9.17, 15) is 0 Å². The van der Waals surface area contributed by atoms with Gasteiger partial charge in [0.25, 0.3) is 0 Å². The molecule has 0 aliphatic heterocycles. The molecule has 2 aromatic rings. The molecule has 0 bridgehead atoms. The lowest BCUT2D eigenvalue weighted by molar-refractivity contribution is 0.539. The van der Waals surface area contributed by atoms with Crippen molar-refractivity contribution in [2.45, 2.75) is 33.2 Å². The van der Waals surface area contributed by atoms with Crippen LogP contribution in [0.3, 0.4) is 0 Å². The number of nitrogens with one attached hydrogen (secondary N) is 2. The average molecular weight is 234 g/mol. The summed E-state index contributed by atoms with van der Waals surface area (Å²) < 4.78 is 0. The van der Waals surface area contributed by atoms with Gasteiger partial charge in [-0.1, -0.05) is 13.8 Å². The molecule has 2 rings (SSSR count). The molecule has 0 saturated heterocycles. The summed E-state index contributed by atoms with van der Waals surface area (Å²) in [4.78, 5) is 8.29. The van der Waals surface area contributed by atoms with E-state index in [1.165, 1.54) is 0 Å². The van der Waals surface area contributed by atoms with E-state index in [0.29, 0.717) is 17.6 Å². The summed E-state index contributed by atoms with van der Waals surface area (Å²) in [7, 11) is 0. The first kappa shape index (κ1) is 11.6. The number of hydrogen-bond donors (Lipinski definition) is 3. The van der Waals surface area contributed by atoms with Crippen LogP contribution in [0.2, 0.25) is 0 Å². The third-order valence-electron chi connectivity index (χ3n) is 2.54. The fraction of sp³-hybridized carbons (Fsp3) is 0.545. The van der Waals surface area contributed by atoms with Gasteiger partial charge in [-0.2, -0.15) is 15.1 Å². The number of aromatic nitrogens is 4. The van der Waals surface area contributed by atoms with Crippen LogP contribution in [0, 0.1) is 5.92 Å². The van der Waals surface area contributed by atoms with E-state index in [1.54, 1.807) is 6.20 Å². The van der Waals surface area contributed by atoms with Gasteiger partial charge in [-0.15, -0.1) is 0 Å². The van der Waals surface area contributed by atoms with Gasteiger partial charge in [0.15, 0.2) is 5.65 Å². The van der Waals surface area contributed by atoms with Crippen LogP contribution < -0.4 is 11.1 Å². The summed E-state index contributed by atoms with van der Waals surface area (Å²) in [6, 6.07) is 0.336. The van der Waals surface area contributed by atoms with Crippen LogP contribution in [0.25, 0.3) is 11.0 Å². The Hall–Kier alpha value is -1.85. The second-order valence-electron chi connectivity index (χ2n) is 4.74. The van der Waals surface area contributed by atoms with Crippen LogP contribution in [0.1, 0.15) is 27.2 Å². The number of fused-ring (bicyclic) bond motifs is 1. The molecule has 2 aromatic heterocycles.